The summed E-state index contributed by atoms with van der Waals surface area (Å²) in [6, 6.07) is 0. The molecule has 0 aromatic heterocycles. The number of thioether (sulfide) groups is 1. The molecule has 1 saturated heterocycles. The first kappa shape index (κ1) is 11.9. The fourth-order valence-corrected chi connectivity index (χ4v) is 2.56. The zero-order valence-corrected chi connectivity index (χ0v) is 9.60. The van der Waals surface area contributed by atoms with Crippen molar-refractivity contribution in [3.05, 3.63) is 0 Å². The highest BCUT2D eigenvalue weighted by molar-refractivity contribution is 7.99. The Labute approximate surface area is 89.2 Å². The number of aliphatic carboxylic acids is 1. The van der Waals surface area contributed by atoms with E-state index < -0.39 is 11.4 Å². The van der Waals surface area contributed by atoms with Gasteiger partial charge in [-0.25, -0.2) is 0 Å². The Bertz CT molecular complexity index is 198. The van der Waals surface area contributed by atoms with Crippen LogP contribution in [0.3, 0.4) is 0 Å². The summed E-state index contributed by atoms with van der Waals surface area (Å²) >= 11 is 1.68. The number of hydrogen-bond acceptors (Lipinski definition) is 3. The fraction of sp³-hybridized carbons (Fsp3) is 0.900. The Hall–Kier alpha value is -0.220. The average Bonchev–Trinajstić information content (AvgIpc) is 2.56. The van der Waals surface area contributed by atoms with E-state index in [1.165, 1.54) is 0 Å². The van der Waals surface area contributed by atoms with Gasteiger partial charge in [0.15, 0.2) is 0 Å². The van der Waals surface area contributed by atoms with E-state index in [1.54, 1.807) is 25.6 Å². The molecule has 1 unspecified atom stereocenters. The third-order valence-electron chi connectivity index (χ3n) is 2.37. The third-order valence-corrected chi connectivity index (χ3v) is 3.90. The average molecular weight is 218 g/mol. The zero-order chi connectivity index (χ0) is 10.6. The van der Waals surface area contributed by atoms with Crippen LogP contribution in [0.15, 0.2) is 0 Å². The SMILES string of the molecule is CC(C)(CSCC1CCCO1)C(=O)O. The number of carboxylic acid groups (broad SMARTS) is 1. The van der Waals surface area contributed by atoms with Crippen LogP contribution in [0.4, 0.5) is 0 Å². The van der Waals surface area contributed by atoms with Crippen molar-refractivity contribution in [2.45, 2.75) is 32.8 Å². The van der Waals surface area contributed by atoms with Crippen LogP contribution in [0.1, 0.15) is 26.7 Å². The lowest BCUT2D eigenvalue weighted by Crippen LogP contribution is -2.27. The van der Waals surface area contributed by atoms with Gasteiger partial charge in [0.05, 0.1) is 11.5 Å². The molecule has 1 atom stereocenters. The molecule has 1 aliphatic rings. The van der Waals surface area contributed by atoms with Crippen molar-refractivity contribution in [1.29, 1.82) is 0 Å². The van der Waals surface area contributed by atoms with E-state index in [2.05, 4.69) is 0 Å². The second kappa shape index (κ2) is 5.03. The Kier molecular flexibility index (Phi) is 4.26. The maximum atomic E-state index is 10.8. The van der Waals surface area contributed by atoms with E-state index in [4.69, 9.17) is 9.84 Å². The second-order valence-corrected chi connectivity index (χ2v) is 5.37. The molecule has 1 aliphatic heterocycles. The molecule has 0 spiro atoms. The summed E-state index contributed by atoms with van der Waals surface area (Å²) in [5.41, 5.74) is -0.622. The quantitative estimate of drug-likeness (QED) is 0.766. The molecule has 14 heavy (non-hydrogen) atoms. The van der Waals surface area contributed by atoms with Gasteiger partial charge in [-0.05, 0) is 26.7 Å². The summed E-state index contributed by atoms with van der Waals surface area (Å²) in [5.74, 6) is 0.858. The van der Waals surface area contributed by atoms with Crippen molar-refractivity contribution < 1.29 is 14.6 Å². The summed E-state index contributed by atoms with van der Waals surface area (Å²) in [6.07, 6.45) is 2.62. The highest BCUT2D eigenvalue weighted by Crippen LogP contribution is 2.24. The zero-order valence-electron chi connectivity index (χ0n) is 8.78. The summed E-state index contributed by atoms with van der Waals surface area (Å²) in [5, 5.41) is 8.89. The van der Waals surface area contributed by atoms with Gasteiger partial charge in [-0.2, -0.15) is 11.8 Å². The van der Waals surface area contributed by atoms with Crippen molar-refractivity contribution in [1.82, 2.24) is 0 Å². The van der Waals surface area contributed by atoms with Crippen molar-refractivity contribution in [3.63, 3.8) is 0 Å². The Morgan fingerprint density at radius 3 is 2.86 bits per heavy atom. The van der Waals surface area contributed by atoms with Crippen LogP contribution in [0.2, 0.25) is 0 Å². The maximum absolute atomic E-state index is 10.8. The molecule has 1 heterocycles. The largest absolute Gasteiger partial charge is 0.481 e. The molecule has 0 aromatic carbocycles. The van der Waals surface area contributed by atoms with Crippen molar-refractivity contribution in [2.75, 3.05) is 18.1 Å². The molecule has 82 valence electrons. The molecule has 4 heteroatoms. The van der Waals surface area contributed by atoms with Gasteiger partial charge in [-0.1, -0.05) is 0 Å². The Balaban J connectivity index is 2.16. The minimum Gasteiger partial charge on any atom is -0.481 e. The van der Waals surface area contributed by atoms with E-state index in [0.29, 0.717) is 11.9 Å². The molecule has 0 aromatic rings. The van der Waals surface area contributed by atoms with Gasteiger partial charge in [0.2, 0.25) is 0 Å². The Morgan fingerprint density at radius 1 is 1.64 bits per heavy atom. The molecule has 0 bridgehead atoms. The first-order valence-electron chi connectivity index (χ1n) is 4.95. The van der Waals surface area contributed by atoms with Crippen LogP contribution >= 0.6 is 11.8 Å². The molecular formula is C10H18O3S. The summed E-state index contributed by atoms with van der Waals surface area (Å²) in [4.78, 5) is 10.8. The van der Waals surface area contributed by atoms with Gasteiger partial charge < -0.3 is 9.84 Å². The summed E-state index contributed by atoms with van der Waals surface area (Å²) < 4.78 is 5.46. The molecule has 0 aliphatic carbocycles. The predicted octanol–water partition coefficient (Wildman–Crippen LogP) is 2.01. The summed E-state index contributed by atoms with van der Waals surface area (Å²) in [6.45, 7) is 4.39. The van der Waals surface area contributed by atoms with E-state index in [9.17, 15) is 4.79 Å². The van der Waals surface area contributed by atoms with E-state index in [1.807, 2.05) is 0 Å². The van der Waals surface area contributed by atoms with E-state index >= 15 is 0 Å². The molecule has 0 radical (unpaired) electrons. The second-order valence-electron chi connectivity index (χ2n) is 4.34. The van der Waals surface area contributed by atoms with E-state index in [0.717, 1.165) is 25.2 Å². The monoisotopic (exact) mass is 218 g/mol. The van der Waals surface area contributed by atoms with Crippen LogP contribution in [0, 0.1) is 5.41 Å². The fourth-order valence-electron chi connectivity index (χ4n) is 1.28. The first-order valence-corrected chi connectivity index (χ1v) is 6.10. The normalized spacial score (nSPS) is 22.6. The highest BCUT2D eigenvalue weighted by atomic mass is 32.2. The number of hydrogen-bond donors (Lipinski definition) is 1. The highest BCUT2D eigenvalue weighted by Gasteiger charge is 2.27. The minimum absolute atomic E-state index is 0.351. The predicted molar refractivity (Wildman–Crippen MR) is 57.7 cm³/mol. The lowest BCUT2D eigenvalue weighted by atomic mass is 9.97. The molecule has 1 N–H and O–H groups in total. The van der Waals surface area contributed by atoms with Gasteiger partial charge in [0.25, 0.3) is 0 Å². The van der Waals surface area contributed by atoms with Gasteiger partial charge >= 0.3 is 5.97 Å². The molecular weight excluding hydrogens is 200 g/mol. The number of carbonyl (C=O) groups is 1. The molecule has 0 saturated carbocycles. The first-order chi connectivity index (χ1) is 6.52. The molecule has 1 fully saturated rings. The maximum Gasteiger partial charge on any atom is 0.309 e. The lowest BCUT2D eigenvalue weighted by Gasteiger charge is -2.19. The molecule has 3 nitrogen and oxygen atoms in total. The third kappa shape index (κ3) is 3.50. The lowest BCUT2D eigenvalue weighted by molar-refractivity contribution is -0.145. The van der Waals surface area contributed by atoms with Crippen molar-refractivity contribution >= 4 is 17.7 Å². The van der Waals surface area contributed by atoms with Gasteiger partial charge in [0.1, 0.15) is 0 Å². The topological polar surface area (TPSA) is 46.5 Å². The van der Waals surface area contributed by atoms with Crippen LogP contribution in [0.25, 0.3) is 0 Å². The minimum atomic E-state index is -0.725. The van der Waals surface area contributed by atoms with Crippen LogP contribution < -0.4 is 0 Å². The molecule has 0 amide bonds. The van der Waals surface area contributed by atoms with Crippen LogP contribution in [0.5, 0.6) is 0 Å². The standard InChI is InChI=1S/C10H18O3S/c1-10(2,9(11)12)7-14-6-8-4-3-5-13-8/h8H,3-7H2,1-2H3,(H,11,12). The molecule has 1 rings (SSSR count). The van der Waals surface area contributed by atoms with Crippen molar-refractivity contribution in [3.8, 4) is 0 Å². The Morgan fingerprint density at radius 2 is 2.36 bits per heavy atom. The van der Waals surface area contributed by atoms with Gasteiger partial charge in [-0.15, -0.1) is 0 Å². The van der Waals surface area contributed by atoms with Crippen LogP contribution in [-0.4, -0.2) is 35.3 Å². The van der Waals surface area contributed by atoms with Crippen LogP contribution in [-0.2, 0) is 9.53 Å². The number of ether oxygens (including phenoxy) is 1. The van der Waals surface area contributed by atoms with Crippen molar-refractivity contribution in [2.24, 2.45) is 5.41 Å². The summed E-state index contributed by atoms with van der Waals surface area (Å²) in [7, 11) is 0. The van der Waals surface area contributed by atoms with Gasteiger partial charge in [-0.3, -0.25) is 4.79 Å². The number of carboxylic acids is 1. The smallest absolute Gasteiger partial charge is 0.309 e. The number of rotatable bonds is 5. The van der Waals surface area contributed by atoms with E-state index in [-0.39, 0.29) is 0 Å². The van der Waals surface area contributed by atoms with Gasteiger partial charge in [0, 0.05) is 18.1 Å².